The number of hydrogen-bond donors (Lipinski definition) is 2. The third-order valence-electron chi connectivity index (χ3n) is 3.61. The van der Waals surface area contributed by atoms with E-state index in [2.05, 4.69) is 11.4 Å². The molecule has 0 saturated carbocycles. The van der Waals surface area contributed by atoms with Crippen molar-refractivity contribution in [2.45, 2.75) is 30.9 Å². The van der Waals surface area contributed by atoms with Crippen LogP contribution in [0.2, 0.25) is 4.34 Å². The monoisotopic (exact) mass is 273 g/mol. The van der Waals surface area contributed by atoms with E-state index in [1.165, 1.54) is 10.4 Å². The summed E-state index contributed by atoms with van der Waals surface area (Å²) in [5.41, 5.74) is 0.644. The molecule has 1 aromatic heterocycles. The Morgan fingerprint density at radius 3 is 3.29 bits per heavy atom. The van der Waals surface area contributed by atoms with Gasteiger partial charge in [0, 0.05) is 30.5 Å². The van der Waals surface area contributed by atoms with E-state index in [0.717, 1.165) is 23.6 Å². The van der Waals surface area contributed by atoms with Gasteiger partial charge in [0.2, 0.25) is 0 Å². The fraction of sp³-hybridized carbons (Fsp3) is 0.667. The second-order valence-corrected chi connectivity index (χ2v) is 6.70. The zero-order chi connectivity index (χ0) is 11.9. The van der Waals surface area contributed by atoms with Crippen molar-refractivity contribution in [3.8, 4) is 0 Å². The number of fused-ring (bicyclic) bond motifs is 1. The Bertz CT molecular complexity index is 415. The van der Waals surface area contributed by atoms with E-state index in [1.807, 2.05) is 0 Å². The highest BCUT2D eigenvalue weighted by Gasteiger charge is 2.34. The first-order valence-electron chi connectivity index (χ1n) is 5.98. The Kier molecular flexibility index (Phi) is 3.17. The van der Waals surface area contributed by atoms with Crippen molar-refractivity contribution < 1.29 is 9.84 Å². The number of nitrogens with one attached hydrogen (secondary N) is 1. The molecule has 17 heavy (non-hydrogen) atoms. The van der Waals surface area contributed by atoms with Crippen LogP contribution in [0.5, 0.6) is 0 Å². The van der Waals surface area contributed by atoms with Gasteiger partial charge in [0.05, 0.1) is 10.9 Å². The first kappa shape index (κ1) is 11.9. The van der Waals surface area contributed by atoms with Crippen molar-refractivity contribution in [1.82, 2.24) is 5.32 Å². The molecule has 2 atom stereocenters. The topological polar surface area (TPSA) is 41.5 Å². The second kappa shape index (κ2) is 4.52. The SMILES string of the molecule is OC1(CNC2CCc3sc(Cl)cc32)CCOC1. The first-order chi connectivity index (χ1) is 8.16. The molecule has 1 aliphatic carbocycles. The highest BCUT2D eigenvalue weighted by Crippen LogP contribution is 2.39. The molecule has 1 saturated heterocycles. The minimum atomic E-state index is -0.678. The van der Waals surface area contributed by atoms with Crippen LogP contribution in [0, 0.1) is 0 Å². The van der Waals surface area contributed by atoms with Gasteiger partial charge >= 0.3 is 0 Å². The van der Waals surface area contributed by atoms with Gasteiger partial charge in [0.15, 0.2) is 0 Å². The average Bonchev–Trinajstić information content (AvgIpc) is 2.93. The second-order valence-electron chi connectivity index (χ2n) is 4.93. The van der Waals surface area contributed by atoms with E-state index in [0.29, 0.717) is 25.8 Å². The van der Waals surface area contributed by atoms with Crippen molar-refractivity contribution in [3.05, 3.63) is 20.8 Å². The summed E-state index contributed by atoms with van der Waals surface area (Å²) in [7, 11) is 0. The molecule has 0 radical (unpaired) electrons. The summed E-state index contributed by atoms with van der Waals surface area (Å²) in [6.45, 7) is 1.72. The maximum atomic E-state index is 10.2. The van der Waals surface area contributed by atoms with Crippen LogP contribution in [0.1, 0.15) is 29.3 Å². The molecular formula is C12H16ClNO2S. The summed E-state index contributed by atoms with van der Waals surface area (Å²) in [6.07, 6.45) is 2.93. The summed E-state index contributed by atoms with van der Waals surface area (Å²) < 4.78 is 6.11. The number of halogens is 1. The molecule has 5 heteroatoms. The molecule has 3 rings (SSSR count). The van der Waals surface area contributed by atoms with Crippen LogP contribution in [-0.4, -0.2) is 30.5 Å². The first-order valence-corrected chi connectivity index (χ1v) is 7.17. The van der Waals surface area contributed by atoms with Crippen LogP contribution >= 0.6 is 22.9 Å². The minimum Gasteiger partial charge on any atom is -0.386 e. The van der Waals surface area contributed by atoms with Gasteiger partial charge in [-0.05, 0) is 24.5 Å². The maximum Gasteiger partial charge on any atom is 0.103 e. The Morgan fingerprint density at radius 1 is 1.65 bits per heavy atom. The normalized spacial score (nSPS) is 32.0. The fourth-order valence-corrected chi connectivity index (χ4v) is 3.95. The van der Waals surface area contributed by atoms with Crippen LogP contribution in [0.25, 0.3) is 0 Å². The summed E-state index contributed by atoms with van der Waals surface area (Å²) in [5, 5.41) is 13.6. The molecule has 2 unspecified atom stereocenters. The van der Waals surface area contributed by atoms with Gasteiger partial charge in [-0.2, -0.15) is 0 Å². The van der Waals surface area contributed by atoms with Crippen LogP contribution in [-0.2, 0) is 11.2 Å². The number of aliphatic hydroxyl groups is 1. The fourth-order valence-electron chi connectivity index (χ4n) is 2.59. The van der Waals surface area contributed by atoms with Crippen LogP contribution < -0.4 is 5.32 Å². The van der Waals surface area contributed by atoms with Crippen molar-refractivity contribution >= 4 is 22.9 Å². The Hall–Kier alpha value is -0.130. The molecular weight excluding hydrogens is 258 g/mol. The van der Waals surface area contributed by atoms with Gasteiger partial charge in [-0.15, -0.1) is 11.3 Å². The van der Waals surface area contributed by atoms with Gasteiger partial charge in [0.1, 0.15) is 5.60 Å². The lowest BCUT2D eigenvalue weighted by Crippen LogP contribution is -2.42. The third-order valence-corrected chi connectivity index (χ3v) is 4.95. The number of ether oxygens (including phenoxy) is 1. The number of aryl methyl sites for hydroxylation is 1. The van der Waals surface area contributed by atoms with E-state index >= 15 is 0 Å². The predicted molar refractivity (Wildman–Crippen MR) is 68.8 cm³/mol. The van der Waals surface area contributed by atoms with Crippen molar-refractivity contribution in [3.63, 3.8) is 0 Å². The van der Waals surface area contributed by atoms with Crippen molar-refractivity contribution in [1.29, 1.82) is 0 Å². The third kappa shape index (κ3) is 2.37. The van der Waals surface area contributed by atoms with Gasteiger partial charge in [-0.1, -0.05) is 11.6 Å². The smallest absolute Gasteiger partial charge is 0.103 e. The zero-order valence-electron chi connectivity index (χ0n) is 9.54. The lowest BCUT2D eigenvalue weighted by molar-refractivity contribution is 0.0248. The summed E-state index contributed by atoms with van der Waals surface area (Å²) in [4.78, 5) is 1.39. The lowest BCUT2D eigenvalue weighted by atomic mass is 10.0. The molecule has 0 amide bonds. The Morgan fingerprint density at radius 2 is 2.53 bits per heavy atom. The molecule has 1 fully saturated rings. The summed E-state index contributed by atoms with van der Waals surface area (Å²) in [5.74, 6) is 0. The molecule has 0 aromatic carbocycles. The van der Waals surface area contributed by atoms with Gasteiger partial charge < -0.3 is 15.2 Å². The molecule has 1 aromatic rings. The van der Waals surface area contributed by atoms with E-state index in [4.69, 9.17) is 16.3 Å². The molecule has 2 heterocycles. The van der Waals surface area contributed by atoms with Crippen LogP contribution in [0.4, 0.5) is 0 Å². The highest BCUT2D eigenvalue weighted by molar-refractivity contribution is 7.16. The summed E-state index contributed by atoms with van der Waals surface area (Å²) in [6, 6.07) is 2.40. The largest absolute Gasteiger partial charge is 0.386 e. The van der Waals surface area contributed by atoms with Gasteiger partial charge in [-0.3, -0.25) is 0 Å². The van der Waals surface area contributed by atoms with E-state index in [1.54, 1.807) is 11.3 Å². The molecule has 94 valence electrons. The molecule has 1 aliphatic heterocycles. The van der Waals surface area contributed by atoms with Gasteiger partial charge in [0.25, 0.3) is 0 Å². The Labute approximate surface area is 110 Å². The predicted octanol–water partition coefficient (Wildman–Crippen LogP) is 2.13. The molecule has 2 aliphatic rings. The van der Waals surface area contributed by atoms with E-state index in [9.17, 15) is 5.11 Å². The van der Waals surface area contributed by atoms with Crippen LogP contribution in [0.15, 0.2) is 6.07 Å². The summed E-state index contributed by atoms with van der Waals surface area (Å²) >= 11 is 7.70. The minimum absolute atomic E-state index is 0.346. The van der Waals surface area contributed by atoms with E-state index < -0.39 is 5.60 Å². The molecule has 3 nitrogen and oxygen atoms in total. The van der Waals surface area contributed by atoms with Crippen molar-refractivity contribution in [2.75, 3.05) is 19.8 Å². The zero-order valence-corrected chi connectivity index (χ0v) is 11.1. The average molecular weight is 274 g/mol. The van der Waals surface area contributed by atoms with Gasteiger partial charge in [-0.25, -0.2) is 0 Å². The lowest BCUT2D eigenvalue weighted by Gasteiger charge is -2.23. The quantitative estimate of drug-likeness (QED) is 0.887. The number of rotatable bonds is 3. The molecule has 2 N–H and O–H groups in total. The van der Waals surface area contributed by atoms with Crippen molar-refractivity contribution in [2.24, 2.45) is 0 Å². The number of thiophene rings is 1. The molecule has 0 spiro atoms. The maximum absolute atomic E-state index is 10.2. The molecule has 0 bridgehead atoms. The highest BCUT2D eigenvalue weighted by atomic mass is 35.5. The van der Waals surface area contributed by atoms with E-state index in [-0.39, 0.29) is 0 Å². The Balaban J connectivity index is 1.63. The van der Waals surface area contributed by atoms with Crippen LogP contribution in [0.3, 0.4) is 0 Å². The standard InChI is InChI=1S/C12H16ClNO2S/c13-11-5-8-9(1-2-10(8)17-11)14-6-12(15)3-4-16-7-12/h5,9,14-15H,1-4,6-7H2. The number of hydrogen-bond acceptors (Lipinski definition) is 4.